The number of hydrogen-bond acceptors (Lipinski definition) is 4. The van der Waals surface area contributed by atoms with Gasteiger partial charge in [0.15, 0.2) is 0 Å². The lowest BCUT2D eigenvalue weighted by Crippen LogP contribution is -2.42. The van der Waals surface area contributed by atoms with E-state index in [9.17, 15) is 14.4 Å². The molecule has 7 nitrogen and oxygen atoms in total. The molecule has 0 aliphatic heterocycles. The van der Waals surface area contributed by atoms with Crippen LogP contribution in [0, 0.1) is 0 Å². The number of thiazole rings is 1. The molecule has 1 saturated carbocycles. The highest BCUT2D eigenvalue weighted by atomic mass is 32.1. The fourth-order valence-corrected chi connectivity index (χ4v) is 2.31. The van der Waals surface area contributed by atoms with Crippen LogP contribution in [-0.4, -0.2) is 39.6 Å². The molecular formula is C11H15N3O4S. The van der Waals surface area contributed by atoms with Crippen molar-refractivity contribution in [2.24, 2.45) is 0 Å². The number of carbonyl (C=O) groups is 2. The number of aliphatic carboxylic acids is 1. The predicted octanol–water partition coefficient (Wildman–Crippen LogP) is 0.585. The summed E-state index contributed by atoms with van der Waals surface area (Å²) in [6.45, 7) is 0.458. The van der Waals surface area contributed by atoms with Crippen LogP contribution < -0.4 is 10.2 Å². The van der Waals surface area contributed by atoms with E-state index in [4.69, 9.17) is 5.11 Å². The van der Waals surface area contributed by atoms with Gasteiger partial charge < -0.3 is 20.3 Å². The molecule has 1 aliphatic rings. The Labute approximate surface area is 113 Å². The van der Waals surface area contributed by atoms with Crippen LogP contribution in [0.5, 0.6) is 0 Å². The van der Waals surface area contributed by atoms with Crippen LogP contribution in [0.4, 0.5) is 4.79 Å². The van der Waals surface area contributed by atoms with Crippen molar-refractivity contribution in [3.8, 4) is 0 Å². The maximum Gasteiger partial charge on any atom is 0.317 e. The highest BCUT2D eigenvalue weighted by Crippen LogP contribution is 2.26. The van der Waals surface area contributed by atoms with Crippen molar-refractivity contribution in [2.75, 3.05) is 6.54 Å². The summed E-state index contributed by atoms with van der Waals surface area (Å²) in [5.41, 5.74) is 0.650. The molecule has 3 N–H and O–H groups in total. The summed E-state index contributed by atoms with van der Waals surface area (Å²) in [6.07, 6.45) is 1.78. The number of aromatic amines is 1. The lowest BCUT2D eigenvalue weighted by Gasteiger charge is -2.21. The lowest BCUT2D eigenvalue weighted by atomic mass is 10.4. The molecule has 0 bridgehead atoms. The molecule has 0 atom stereocenters. The molecule has 2 amide bonds. The monoisotopic (exact) mass is 285 g/mol. The summed E-state index contributed by atoms with van der Waals surface area (Å²) in [5.74, 6) is -0.916. The van der Waals surface area contributed by atoms with Gasteiger partial charge in [0.25, 0.3) is 0 Å². The van der Waals surface area contributed by atoms with Crippen molar-refractivity contribution in [3.05, 3.63) is 20.7 Å². The summed E-state index contributed by atoms with van der Waals surface area (Å²) < 4.78 is 0. The number of rotatable bonds is 6. The first kappa shape index (κ1) is 13.6. The van der Waals surface area contributed by atoms with Gasteiger partial charge >= 0.3 is 16.9 Å². The van der Waals surface area contributed by atoms with E-state index < -0.39 is 5.97 Å². The van der Waals surface area contributed by atoms with E-state index >= 15 is 0 Å². The highest BCUT2D eigenvalue weighted by Gasteiger charge is 2.32. The SMILES string of the molecule is O=C(O)CCN(C(=O)NCc1csc(=O)[nH]1)C1CC1. The third-order valence-corrected chi connectivity index (χ3v) is 3.53. The molecule has 0 spiro atoms. The number of hydrogen-bond donors (Lipinski definition) is 3. The van der Waals surface area contributed by atoms with Crippen molar-refractivity contribution in [3.63, 3.8) is 0 Å². The lowest BCUT2D eigenvalue weighted by molar-refractivity contribution is -0.137. The molecule has 19 heavy (non-hydrogen) atoms. The fourth-order valence-electron chi connectivity index (χ4n) is 1.73. The van der Waals surface area contributed by atoms with E-state index in [1.54, 1.807) is 10.3 Å². The van der Waals surface area contributed by atoms with Gasteiger partial charge in [-0.15, -0.1) is 0 Å². The first-order valence-electron chi connectivity index (χ1n) is 5.99. The zero-order valence-corrected chi connectivity index (χ0v) is 11.0. The molecule has 0 saturated heterocycles. The molecule has 1 aromatic rings. The summed E-state index contributed by atoms with van der Waals surface area (Å²) in [4.78, 5) is 37.4. The number of aromatic nitrogens is 1. The van der Waals surface area contributed by atoms with Gasteiger partial charge in [-0.05, 0) is 12.8 Å². The van der Waals surface area contributed by atoms with Crippen molar-refractivity contribution in [1.82, 2.24) is 15.2 Å². The smallest absolute Gasteiger partial charge is 0.317 e. The standard InChI is InChI=1S/C11H15N3O4S/c15-9(16)3-4-14(8-1-2-8)10(17)12-5-7-6-19-11(18)13-7/h6,8H,1-5H2,(H,12,17)(H,13,18)(H,15,16). The summed E-state index contributed by atoms with van der Waals surface area (Å²) in [7, 11) is 0. The first-order valence-corrected chi connectivity index (χ1v) is 6.87. The average molecular weight is 285 g/mol. The molecule has 8 heteroatoms. The Hall–Kier alpha value is -1.83. The highest BCUT2D eigenvalue weighted by molar-refractivity contribution is 7.07. The van der Waals surface area contributed by atoms with Gasteiger partial charge in [-0.3, -0.25) is 9.59 Å². The molecule has 1 heterocycles. The summed E-state index contributed by atoms with van der Waals surface area (Å²) in [6, 6.07) is -0.128. The van der Waals surface area contributed by atoms with E-state index in [0.717, 1.165) is 24.2 Å². The molecule has 2 rings (SSSR count). The molecular weight excluding hydrogens is 270 g/mol. The number of carboxylic acids is 1. The molecule has 1 aromatic heterocycles. The number of H-pyrrole nitrogens is 1. The van der Waals surface area contributed by atoms with Crippen molar-refractivity contribution >= 4 is 23.3 Å². The quantitative estimate of drug-likeness (QED) is 0.711. The Morgan fingerprint density at radius 2 is 2.26 bits per heavy atom. The molecule has 1 aliphatic carbocycles. The Balaban J connectivity index is 1.85. The van der Waals surface area contributed by atoms with Gasteiger partial charge in [0, 0.05) is 23.7 Å². The van der Waals surface area contributed by atoms with Gasteiger partial charge in [-0.2, -0.15) is 0 Å². The first-order chi connectivity index (χ1) is 9.06. The molecule has 0 radical (unpaired) electrons. The minimum absolute atomic E-state index is 0.0563. The average Bonchev–Trinajstić information content (AvgIpc) is 3.09. The predicted molar refractivity (Wildman–Crippen MR) is 69.2 cm³/mol. The van der Waals surface area contributed by atoms with Gasteiger partial charge in [0.05, 0.1) is 13.0 Å². The van der Waals surface area contributed by atoms with Crippen LogP contribution in [0.15, 0.2) is 10.2 Å². The number of amides is 2. The van der Waals surface area contributed by atoms with Gasteiger partial charge in [0.1, 0.15) is 0 Å². The van der Waals surface area contributed by atoms with E-state index in [2.05, 4.69) is 10.3 Å². The number of nitrogens with one attached hydrogen (secondary N) is 2. The Morgan fingerprint density at radius 1 is 1.53 bits per heavy atom. The Kier molecular flexibility index (Phi) is 4.20. The fraction of sp³-hybridized carbons (Fsp3) is 0.545. The van der Waals surface area contributed by atoms with Crippen molar-refractivity contribution in [1.29, 1.82) is 0 Å². The third kappa shape index (κ3) is 4.09. The van der Waals surface area contributed by atoms with Crippen LogP contribution in [-0.2, 0) is 11.3 Å². The van der Waals surface area contributed by atoms with Crippen LogP contribution >= 0.6 is 11.3 Å². The zero-order chi connectivity index (χ0) is 13.8. The molecule has 0 unspecified atom stereocenters. The normalized spacial score (nSPS) is 14.1. The van der Waals surface area contributed by atoms with E-state index in [1.165, 1.54) is 0 Å². The number of urea groups is 1. The molecule has 104 valence electrons. The van der Waals surface area contributed by atoms with Crippen LogP contribution in [0.1, 0.15) is 25.0 Å². The number of nitrogens with zero attached hydrogens (tertiary/aromatic N) is 1. The van der Waals surface area contributed by atoms with Gasteiger partial charge in [-0.1, -0.05) is 11.3 Å². The van der Waals surface area contributed by atoms with Crippen LogP contribution in [0.2, 0.25) is 0 Å². The number of carboxylic acid groups (broad SMARTS) is 1. The molecule has 0 aromatic carbocycles. The summed E-state index contributed by atoms with van der Waals surface area (Å²) >= 11 is 1.04. The largest absolute Gasteiger partial charge is 0.481 e. The maximum absolute atomic E-state index is 12.0. The van der Waals surface area contributed by atoms with Gasteiger partial charge in [0.2, 0.25) is 0 Å². The maximum atomic E-state index is 12.0. The van der Waals surface area contributed by atoms with Crippen LogP contribution in [0.3, 0.4) is 0 Å². The van der Waals surface area contributed by atoms with Crippen LogP contribution in [0.25, 0.3) is 0 Å². The Morgan fingerprint density at radius 3 is 2.79 bits per heavy atom. The molecule has 1 fully saturated rings. The topological polar surface area (TPSA) is 102 Å². The van der Waals surface area contributed by atoms with E-state index in [1.807, 2.05) is 0 Å². The second-order valence-electron chi connectivity index (χ2n) is 4.40. The summed E-state index contributed by atoms with van der Waals surface area (Å²) in [5, 5.41) is 13.0. The van der Waals surface area contributed by atoms with Crippen molar-refractivity contribution in [2.45, 2.75) is 31.8 Å². The van der Waals surface area contributed by atoms with Crippen molar-refractivity contribution < 1.29 is 14.7 Å². The second-order valence-corrected chi connectivity index (χ2v) is 5.24. The zero-order valence-electron chi connectivity index (χ0n) is 10.2. The van der Waals surface area contributed by atoms with E-state index in [0.29, 0.717) is 5.69 Å². The minimum atomic E-state index is -0.916. The number of carbonyl (C=O) groups excluding carboxylic acids is 1. The minimum Gasteiger partial charge on any atom is -0.481 e. The van der Waals surface area contributed by atoms with Gasteiger partial charge in [-0.25, -0.2) is 4.79 Å². The second kappa shape index (κ2) is 5.87. The van der Waals surface area contributed by atoms with E-state index in [-0.39, 0.29) is 36.5 Å². The Bertz CT molecular complexity index is 520. The third-order valence-electron chi connectivity index (χ3n) is 2.82.